The van der Waals surface area contributed by atoms with E-state index in [1.54, 1.807) is 0 Å². The number of aromatic nitrogens is 2. The molecule has 350 valence electrons. The second-order valence-electron chi connectivity index (χ2n) is 21.4. The highest BCUT2D eigenvalue weighted by molar-refractivity contribution is 6.12. The first-order chi connectivity index (χ1) is 37.7. The minimum Gasteiger partial charge on any atom is -0.309 e. The van der Waals surface area contributed by atoms with Crippen LogP contribution in [0.3, 0.4) is 0 Å². The van der Waals surface area contributed by atoms with Crippen LogP contribution in [0.4, 0.5) is 0 Å². The number of benzene rings is 12. The first kappa shape index (κ1) is 40.7. The second kappa shape index (κ2) is 14.5. The van der Waals surface area contributed by atoms with Crippen LogP contribution in [0.15, 0.2) is 267 Å². The number of rotatable bonds is 4. The molecule has 2 nitrogen and oxygen atoms in total. The molecule has 0 aliphatic heterocycles. The third kappa shape index (κ3) is 4.85. The normalized spacial score (nSPS) is 14.3. The summed E-state index contributed by atoms with van der Waals surface area (Å²) in [6, 6.07) is 102. The van der Waals surface area contributed by atoms with Gasteiger partial charge in [0.1, 0.15) is 0 Å². The van der Waals surface area contributed by atoms with Gasteiger partial charge in [0.2, 0.25) is 0 Å². The Bertz CT molecular complexity index is 4410. The van der Waals surface area contributed by atoms with Crippen molar-refractivity contribution in [3.05, 3.63) is 311 Å². The Labute approximate surface area is 439 Å². The smallest absolute Gasteiger partial charge is 0.0726 e. The molecule has 2 spiro atoms. The van der Waals surface area contributed by atoms with Crippen LogP contribution in [-0.2, 0) is 10.8 Å². The van der Waals surface area contributed by atoms with Crippen molar-refractivity contribution >= 4 is 43.6 Å². The third-order valence-electron chi connectivity index (χ3n) is 18.1. The first-order valence-corrected chi connectivity index (χ1v) is 26.7. The molecular weight excluding hydrogens is 917 g/mol. The summed E-state index contributed by atoms with van der Waals surface area (Å²) >= 11 is 0. The largest absolute Gasteiger partial charge is 0.309 e. The summed E-state index contributed by atoms with van der Waals surface area (Å²) in [5, 5.41) is 5.06. The van der Waals surface area contributed by atoms with Gasteiger partial charge in [0, 0.05) is 32.9 Å². The van der Waals surface area contributed by atoms with Gasteiger partial charge in [-0.3, -0.25) is 0 Å². The Morgan fingerprint density at radius 1 is 0.211 bits per heavy atom. The number of fused-ring (bicyclic) bond motifs is 20. The van der Waals surface area contributed by atoms with Crippen molar-refractivity contribution in [2.45, 2.75) is 10.8 Å². The number of hydrogen-bond donors (Lipinski definition) is 0. The molecule has 2 heteroatoms. The van der Waals surface area contributed by atoms with Crippen molar-refractivity contribution in [3.8, 4) is 67.0 Å². The summed E-state index contributed by atoms with van der Waals surface area (Å²) < 4.78 is 5.00. The maximum absolute atomic E-state index is 2.59. The van der Waals surface area contributed by atoms with Crippen LogP contribution in [0.5, 0.6) is 0 Å². The Balaban J connectivity index is 1.00. The van der Waals surface area contributed by atoms with E-state index in [1.807, 2.05) is 0 Å². The van der Waals surface area contributed by atoms with Gasteiger partial charge in [-0.05, 0) is 173 Å². The fourth-order valence-corrected chi connectivity index (χ4v) is 15.3. The van der Waals surface area contributed by atoms with Crippen molar-refractivity contribution in [2.24, 2.45) is 0 Å². The zero-order chi connectivity index (χ0) is 49.4. The molecule has 0 saturated heterocycles. The van der Waals surface area contributed by atoms with E-state index < -0.39 is 10.8 Å². The summed E-state index contributed by atoms with van der Waals surface area (Å²) in [7, 11) is 0. The maximum Gasteiger partial charge on any atom is 0.0726 e. The molecular formula is C74H44N2. The van der Waals surface area contributed by atoms with Crippen molar-refractivity contribution in [1.29, 1.82) is 0 Å². The van der Waals surface area contributed by atoms with E-state index >= 15 is 0 Å². The van der Waals surface area contributed by atoms with Crippen LogP contribution < -0.4 is 0 Å². The quantitative estimate of drug-likeness (QED) is 0.166. The SMILES string of the molecule is c1ccc(-c2cc3c4c(c2)C2(c5ccccc5-c5ccc(-n6c7ccccc7c7ccccc76)cc52)c2cc(-c5ccccc5)cc(c2-4)C32c3ccccc3-c3ccc(-n4c5ccccc5c5ccccc54)cc32)cc1. The summed E-state index contributed by atoms with van der Waals surface area (Å²) in [5.41, 5.74) is 29.5. The van der Waals surface area contributed by atoms with Crippen molar-refractivity contribution in [3.63, 3.8) is 0 Å². The molecule has 0 bridgehead atoms. The highest BCUT2D eigenvalue weighted by Gasteiger charge is 2.61. The Kier molecular flexibility index (Phi) is 7.77. The van der Waals surface area contributed by atoms with Gasteiger partial charge in [-0.25, -0.2) is 0 Å². The Hall–Kier alpha value is -9.76. The highest BCUT2D eigenvalue weighted by Crippen LogP contribution is 2.73. The number of hydrogen-bond acceptors (Lipinski definition) is 0. The molecule has 0 N–H and O–H groups in total. The van der Waals surface area contributed by atoms with Crippen LogP contribution in [0.1, 0.15) is 44.5 Å². The highest BCUT2D eigenvalue weighted by atomic mass is 15.0. The monoisotopic (exact) mass is 960 g/mol. The molecule has 14 aromatic rings. The standard InChI is InChI=1S/C74H44N2/c1-3-19-45(20-4-1)47-39-63-71-64(40-47)74(60-30-14-8-24-52(60)54-38-36-50(44-62(54)74)76-69-33-17-11-27-57(69)58-28-12-18-34-70(58)76)66-42-48(46-21-5-2-6-22-46)41-65(72(66)71)73(63)59-29-13-7-23-51(59)53-37-35-49(43-61(53)73)75-67-31-15-9-25-55(67)56-26-10-16-32-68(56)75/h1-44H. The molecule has 4 aliphatic rings. The molecule has 18 rings (SSSR count). The predicted octanol–water partition coefficient (Wildman–Crippen LogP) is 18.2. The van der Waals surface area contributed by atoms with Gasteiger partial charge in [0.05, 0.1) is 32.9 Å². The van der Waals surface area contributed by atoms with Gasteiger partial charge in [-0.2, -0.15) is 0 Å². The molecule has 0 fully saturated rings. The molecule has 0 radical (unpaired) electrons. The minimum absolute atomic E-state index is 0.641. The van der Waals surface area contributed by atoms with E-state index in [4.69, 9.17) is 0 Å². The van der Waals surface area contributed by atoms with E-state index in [9.17, 15) is 0 Å². The maximum atomic E-state index is 2.59. The van der Waals surface area contributed by atoms with Crippen LogP contribution in [0, 0.1) is 0 Å². The van der Waals surface area contributed by atoms with E-state index in [0.717, 1.165) is 0 Å². The fourth-order valence-electron chi connectivity index (χ4n) is 15.3. The van der Waals surface area contributed by atoms with Gasteiger partial charge < -0.3 is 9.13 Å². The Morgan fingerprint density at radius 2 is 0.513 bits per heavy atom. The number of nitrogens with zero attached hydrogens (tertiary/aromatic N) is 2. The van der Waals surface area contributed by atoms with Gasteiger partial charge in [-0.15, -0.1) is 0 Å². The first-order valence-electron chi connectivity index (χ1n) is 26.7. The molecule has 0 saturated carbocycles. The van der Waals surface area contributed by atoms with Gasteiger partial charge in [0.15, 0.2) is 0 Å². The second-order valence-corrected chi connectivity index (χ2v) is 21.4. The van der Waals surface area contributed by atoms with Gasteiger partial charge >= 0.3 is 0 Å². The average molecular weight is 961 g/mol. The van der Waals surface area contributed by atoms with E-state index in [-0.39, 0.29) is 0 Å². The lowest BCUT2D eigenvalue weighted by Gasteiger charge is -2.37. The van der Waals surface area contributed by atoms with Crippen molar-refractivity contribution in [1.82, 2.24) is 9.13 Å². The van der Waals surface area contributed by atoms with E-state index in [1.165, 1.54) is 155 Å². The molecule has 0 unspecified atom stereocenters. The minimum atomic E-state index is -0.641. The van der Waals surface area contributed by atoms with E-state index in [0.29, 0.717) is 0 Å². The molecule has 2 aromatic heterocycles. The summed E-state index contributed by atoms with van der Waals surface area (Å²) in [4.78, 5) is 0. The lowest BCUT2D eigenvalue weighted by atomic mass is 9.64. The Morgan fingerprint density at radius 3 is 0.882 bits per heavy atom. The molecule has 12 aromatic carbocycles. The van der Waals surface area contributed by atoms with E-state index in [2.05, 4.69) is 276 Å². The number of para-hydroxylation sites is 4. The topological polar surface area (TPSA) is 9.86 Å². The lowest BCUT2D eigenvalue weighted by Crippen LogP contribution is -2.31. The van der Waals surface area contributed by atoms with Gasteiger partial charge in [0.25, 0.3) is 0 Å². The van der Waals surface area contributed by atoms with Crippen LogP contribution >= 0.6 is 0 Å². The zero-order valence-electron chi connectivity index (χ0n) is 41.3. The molecule has 4 aliphatic carbocycles. The lowest BCUT2D eigenvalue weighted by molar-refractivity contribution is 0.756. The van der Waals surface area contributed by atoms with Crippen molar-refractivity contribution in [2.75, 3.05) is 0 Å². The molecule has 76 heavy (non-hydrogen) atoms. The summed E-state index contributed by atoms with van der Waals surface area (Å²) in [5.74, 6) is 0. The molecule has 2 heterocycles. The van der Waals surface area contributed by atoms with Gasteiger partial charge in [-0.1, -0.05) is 194 Å². The average Bonchev–Trinajstić information content (AvgIpc) is 4.49. The molecule has 0 amide bonds. The third-order valence-corrected chi connectivity index (χ3v) is 18.1. The predicted molar refractivity (Wildman–Crippen MR) is 313 cm³/mol. The van der Waals surface area contributed by atoms with Crippen LogP contribution in [-0.4, -0.2) is 9.13 Å². The van der Waals surface area contributed by atoms with Crippen molar-refractivity contribution < 1.29 is 0 Å². The summed E-state index contributed by atoms with van der Waals surface area (Å²) in [6.07, 6.45) is 0. The van der Waals surface area contributed by atoms with Crippen LogP contribution in [0.2, 0.25) is 0 Å². The van der Waals surface area contributed by atoms with Crippen LogP contribution in [0.25, 0.3) is 111 Å². The zero-order valence-corrected chi connectivity index (χ0v) is 41.3. The molecule has 0 atom stereocenters. The summed E-state index contributed by atoms with van der Waals surface area (Å²) in [6.45, 7) is 0. The fraction of sp³-hybridized carbons (Fsp3) is 0.0270.